The van der Waals surface area contributed by atoms with Crippen molar-refractivity contribution in [1.29, 1.82) is 0 Å². The minimum Gasteiger partial charge on any atom is -0.298 e. The van der Waals surface area contributed by atoms with Crippen molar-refractivity contribution in [3.63, 3.8) is 0 Å². The number of rotatable bonds is 2. The SMILES string of the molecule is Cn1nnc(Br)c1S(=O)(=O)N1CCCC(=O)C1. The molecule has 0 saturated carbocycles. The molecule has 0 atom stereocenters. The zero-order chi connectivity index (χ0) is 12.6. The van der Waals surface area contributed by atoms with Crippen LogP contribution in [0.1, 0.15) is 12.8 Å². The fraction of sp³-hybridized carbons (Fsp3) is 0.625. The first-order valence-electron chi connectivity index (χ1n) is 5.00. The zero-order valence-corrected chi connectivity index (χ0v) is 11.5. The van der Waals surface area contributed by atoms with Crippen LogP contribution in [0.3, 0.4) is 0 Å². The number of aromatic nitrogens is 3. The fourth-order valence-corrected chi connectivity index (χ4v) is 4.22. The summed E-state index contributed by atoms with van der Waals surface area (Å²) >= 11 is 3.05. The summed E-state index contributed by atoms with van der Waals surface area (Å²) < 4.78 is 27.1. The summed E-state index contributed by atoms with van der Waals surface area (Å²) in [7, 11) is -2.21. The smallest absolute Gasteiger partial charge is 0.263 e. The van der Waals surface area contributed by atoms with Gasteiger partial charge in [0, 0.05) is 20.0 Å². The highest BCUT2D eigenvalue weighted by Crippen LogP contribution is 2.23. The molecule has 1 aromatic heterocycles. The molecule has 2 heterocycles. The van der Waals surface area contributed by atoms with Crippen LogP contribution in [-0.2, 0) is 21.9 Å². The van der Waals surface area contributed by atoms with Gasteiger partial charge in [0.15, 0.2) is 4.60 Å². The van der Waals surface area contributed by atoms with Crippen molar-refractivity contribution in [2.24, 2.45) is 7.05 Å². The Morgan fingerprint density at radius 3 is 2.65 bits per heavy atom. The number of hydrogen-bond donors (Lipinski definition) is 0. The van der Waals surface area contributed by atoms with Crippen LogP contribution in [-0.4, -0.2) is 46.6 Å². The summed E-state index contributed by atoms with van der Waals surface area (Å²) in [6.45, 7) is 0.283. The molecule has 0 N–H and O–H groups in total. The standard InChI is InChI=1S/C8H11BrN4O3S/c1-12-8(7(9)10-11-12)17(15,16)13-4-2-3-6(14)5-13/h2-5H2,1H3. The van der Waals surface area contributed by atoms with Crippen LogP contribution < -0.4 is 0 Å². The van der Waals surface area contributed by atoms with E-state index < -0.39 is 10.0 Å². The number of carbonyl (C=O) groups is 1. The Kier molecular flexibility index (Phi) is 3.32. The van der Waals surface area contributed by atoms with Crippen molar-refractivity contribution in [3.8, 4) is 0 Å². The van der Waals surface area contributed by atoms with Crippen LogP contribution in [0.4, 0.5) is 0 Å². The molecule has 0 aliphatic carbocycles. The van der Waals surface area contributed by atoms with Gasteiger partial charge in [0.2, 0.25) is 5.03 Å². The second kappa shape index (κ2) is 4.46. The van der Waals surface area contributed by atoms with Crippen LogP contribution in [0.15, 0.2) is 9.63 Å². The zero-order valence-electron chi connectivity index (χ0n) is 9.13. The van der Waals surface area contributed by atoms with Crippen LogP contribution >= 0.6 is 15.9 Å². The van der Waals surface area contributed by atoms with E-state index in [1.165, 1.54) is 16.0 Å². The number of aryl methyl sites for hydroxylation is 1. The van der Waals surface area contributed by atoms with E-state index in [4.69, 9.17) is 0 Å². The summed E-state index contributed by atoms with van der Waals surface area (Å²) in [4.78, 5) is 11.3. The molecule has 7 nitrogen and oxygen atoms in total. The maximum atomic E-state index is 12.3. The quantitative estimate of drug-likeness (QED) is 0.761. The second-order valence-electron chi connectivity index (χ2n) is 3.79. The first-order chi connectivity index (χ1) is 7.93. The summed E-state index contributed by atoms with van der Waals surface area (Å²) in [6.07, 6.45) is 0.998. The Hall–Kier alpha value is -0.800. The van der Waals surface area contributed by atoms with E-state index in [9.17, 15) is 13.2 Å². The number of carbonyl (C=O) groups excluding carboxylic acids is 1. The molecular formula is C8H11BrN4O3S. The Bertz CT molecular complexity index is 534. The molecule has 0 amide bonds. The van der Waals surface area contributed by atoms with Gasteiger partial charge in [0.05, 0.1) is 6.54 Å². The Labute approximate surface area is 107 Å². The summed E-state index contributed by atoms with van der Waals surface area (Å²) in [5, 5.41) is 7.24. The number of ketones is 1. The highest BCUT2D eigenvalue weighted by Gasteiger charge is 2.33. The summed E-state index contributed by atoms with van der Waals surface area (Å²) in [5.74, 6) is -0.0638. The van der Waals surface area contributed by atoms with Crippen molar-refractivity contribution in [2.75, 3.05) is 13.1 Å². The van der Waals surface area contributed by atoms with Gasteiger partial charge in [-0.05, 0) is 22.4 Å². The van der Waals surface area contributed by atoms with Gasteiger partial charge in [0.25, 0.3) is 10.0 Å². The minimum absolute atomic E-state index is 0.0211. The lowest BCUT2D eigenvalue weighted by molar-refractivity contribution is -0.120. The second-order valence-corrected chi connectivity index (χ2v) is 6.39. The average molecular weight is 323 g/mol. The predicted molar refractivity (Wildman–Crippen MR) is 61.7 cm³/mol. The van der Waals surface area contributed by atoms with Gasteiger partial charge in [-0.3, -0.25) is 4.79 Å². The van der Waals surface area contributed by atoms with Crippen LogP contribution in [0.25, 0.3) is 0 Å². The maximum Gasteiger partial charge on any atom is 0.263 e. The predicted octanol–water partition coefficient (Wildman–Crippen LogP) is -0.0688. The molecule has 1 fully saturated rings. The molecule has 1 aliphatic rings. The average Bonchev–Trinajstić information content (AvgIpc) is 2.59. The van der Waals surface area contributed by atoms with E-state index in [1.54, 1.807) is 0 Å². The highest BCUT2D eigenvalue weighted by atomic mass is 79.9. The van der Waals surface area contributed by atoms with Crippen molar-refractivity contribution < 1.29 is 13.2 Å². The molecule has 2 rings (SSSR count). The van der Waals surface area contributed by atoms with Gasteiger partial charge in [-0.15, -0.1) is 5.10 Å². The number of nitrogens with zero attached hydrogens (tertiary/aromatic N) is 4. The van der Waals surface area contributed by atoms with Crippen LogP contribution in [0.5, 0.6) is 0 Å². The van der Waals surface area contributed by atoms with Gasteiger partial charge in [-0.2, -0.15) is 4.31 Å². The van der Waals surface area contributed by atoms with E-state index in [1.807, 2.05) is 0 Å². The molecule has 0 radical (unpaired) electrons. The molecule has 94 valence electrons. The van der Waals surface area contributed by atoms with Crippen molar-refractivity contribution >= 4 is 31.7 Å². The molecule has 0 bridgehead atoms. The van der Waals surface area contributed by atoms with Gasteiger partial charge < -0.3 is 0 Å². The topological polar surface area (TPSA) is 85.2 Å². The first kappa shape index (κ1) is 12.7. The largest absolute Gasteiger partial charge is 0.298 e. The first-order valence-corrected chi connectivity index (χ1v) is 7.23. The molecule has 0 unspecified atom stereocenters. The van der Waals surface area contributed by atoms with E-state index >= 15 is 0 Å². The number of hydrogen-bond acceptors (Lipinski definition) is 5. The third kappa shape index (κ3) is 2.26. The van der Waals surface area contributed by atoms with Crippen molar-refractivity contribution in [3.05, 3.63) is 4.60 Å². The molecule has 0 aromatic carbocycles. The molecule has 1 aliphatic heterocycles. The van der Waals surface area contributed by atoms with Crippen molar-refractivity contribution in [2.45, 2.75) is 17.9 Å². The third-order valence-corrected chi connectivity index (χ3v) is 5.27. The van der Waals surface area contributed by atoms with Crippen LogP contribution in [0, 0.1) is 0 Å². The van der Waals surface area contributed by atoms with E-state index in [0.717, 1.165) is 0 Å². The fourth-order valence-electron chi connectivity index (χ4n) is 1.73. The lowest BCUT2D eigenvalue weighted by Crippen LogP contribution is -2.40. The Morgan fingerprint density at radius 1 is 1.41 bits per heavy atom. The van der Waals surface area contributed by atoms with Gasteiger partial charge in [-0.25, -0.2) is 13.1 Å². The lowest BCUT2D eigenvalue weighted by Gasteiger charge is -2.24. The highest BCUT2D eigenvalue weighted by molar-refractivity contribution is 9.10. The number of halogens is 1. The van der Waals surface area contributed by atoms with Gasteiger partial charge in [-0.1, -0.05) is 5.21 Å². The third-order valence-electron chi connectivity index (χ3n) is 2.54. The lowest BCUT2D eigenvalue weighted by atomic mass is 10.1. The molecule has 17 heavy (non-hydrogen) atoms. The molecule has 1 saturated heterocycles. The molecule has 0 spiro atoms. The Balaban J connectivity index is 2.40. The summed E-state index contributed by atoms with van der Waals surface area (Å²) in [5.41, 5.74) is 0. The molecule has 9 heteroatoms. The van der Waals surface area contributed by atoms with Crippen molar-refractivity contribution in [1.82, 2.24) is 19.3 Å². The monoisotopic (exact) mass is 322 g/mol. The number of piperidine rings is 1. The molecular weight excluding hydrogens is 312 g/mol. The van der Waals surface area contributed by atoms with Gasteiger partial charge >= 0.3 is 0 Å². The molecule has 1 aromatic rings. The van der Waals surface area contributed by atoms with Crippen LogP contribution in [0.2, 0.25) is 0 Å². The number of Topliss-reactive ketones (excluding diaryl/α,β-unsaturated/α-hetero) is 1. The maximum absolute atomic E-state index is 12.3. The van der Waals surface area contributed by atoms with Gasteiger partial charge in [0.1, 0.15) is 5.78 Å². The number of sulfonamides is 1. The van der Waals surface area contributed by atoms with E-state index in [-0.39, 0.29) is 22.0 Å². The summed E-state index contributed by atoms with van der Waals surface area (Å²) in [6, 6.07) is 0. The normalized spacial score (nSPS) is 18.6. The van der Waals surface area contributed by atoms with E-state index in [2.05, 4.69) is 26.2 Å². The van der Waals surface area contributed by atoms with E-state index in [0.29, 0.717) is 19.4 Å². The Morgan fingerprint density at radius 2 is 2.12 bits per heavy atom. The minimum atomic E-state index is -3.71.